The van der Waals surface area contributed by atoms with E-state index < -0.39 is 10.0 Å². The molecule has 1 saturated heterocycles. The summed E-state index contributed by atoms with van der Waals surface area (Å²) in [6, 6.07) is 0. The summed E-state index contributed by atoms with van der Waals surface area (Å²) in [4.78, 5) is 14.0. The van der Waals surface area contributed by atoms with E-state index in [1.165, 1.54) is 10.6 Å². The Labute approximate surface area is 108 Å². The Kier molecular flexibility index (Phi) is 4.07. The summed E-state index contributed by atoms with van der Waals surface area (Å²) in [5, 5.41) is 0. The summed E-state index contributed by atoms with van der Waals surface area (Å²) < 4.78 is 24.2. The summed E-state index contributed by atoms with van der Waals surface area (Å²) in [7, 11) is -3.12. The van der Waals surface area contributed by atoms with Crippen molar-refractivity contribution in [2.45, 2.75) is 19.3 Å². The first-order chi connectivity index (χ1) is 8.48. The smallest absolute Gasteiger partial charge is 0.226 e. The number of allylic oxidation sites excluding steroid dienone is 2. The first-order valence-electron chi connectivity index (χ1n) is 6.37. The van der Waals surface area contributed by atoms with Crippen molar-refractivity contribution in [2.24, 2.45) is 5.92 Å². The van der Waals surface area contributed by atoms with Gasteiger partial charge in [0.2, 0.25) is 15.9 Å². The lowest BCUT2D eigenvalue weighted by Crippen LogP contribution is -2.51. The second kappa shape index (κ2) is 5.40. The predicted molar refractivity (Wildman–Crippen MR) is 69.5 cm³/mol. The number of amides is 1. The van der Waals surface area contributed by atoms with Crippen molar-refractivity contribution in [2.75, 3.05) is 32.4 Å². The third-order valence-electron chi connectivity index (χ3n) is 3.64. The van der Waals surface area contributed by atoms with Gasteiger partial charge in [0.05, 0.1) is 6.26 Å². The Morgan fingerprint density at radius 1 is 1.17 bits per heavy atom. The molecule has 1 aliphatic carbocycles. The third-order valence-corrected chi connectivity index (χ3v) is 4.94. The topological polar surface area (TPSA) is 57.7 Å². The molecule has 0 aromatic carbocycles. The number of sulfonamides is 1. The number of rotatable bonds is 2. The van der Waals surface area contributed by atoms with E-state index in [-0.39, 0.29) is 11.8 Å². The fourth-order valence-corrected chi connectivity index (χ4v) is 3.34. The van der Waals surface area contributed by atoms with E-state index in [2.05, 4.69) is 12.2 Å². The Morgan fingerprint density at radius 2 is 1.83 bits per heavy atom. The molecule has 1 heterocycles. The maximum absolute atomic E-state index is 12.2. The number of hydrogen-bond acceptors (Lipinski definition) is 3. The molecule has 0 spiro atoms. The molecule has 0 bridgehead atoms. The minimum atomic E-state index is -3.12. The molecule has 0 aromatic rings. The Bertz CT molecular complexity index is 436. The van der Waals surface area contributed by atoms with E-state index in [9.17, 15) is 13.2 Å². The lowest BCUT2D eigenvalue weighted by molar-refractivity contribution is -0.137. The van der Waals surface area contributed by atoms with E-state index >= 15 is 0 Å². The maximum atomic E-state index is 12.2. The average molecular weight is 272 g/mol. The van der Waals surface area contributed by atoms with Gasteiger partial charge in [0.1, 0.15) is 0 Å². The van der Waals surface area contributed by atoms with E-state index in [0.717, 1.165) is 19.3 Å². The number of hydrogen-bond donors (Lipinski definition) is 0. The van der Waals surface area contributed by atoms with Crippen LogP contribution in [0.4, 0.5) is 0 Å². The highest BCUT2D eigenvalue weighted by Crippen LogP contribution is 2.21. The molecule has 2 aliphatic rings. The van der Waals surface area contributed by atoms with Crippen molar-refractivity contribution in [3.63, 3.8) is 0 Å². The maximum Gasteiger partial charge on any atom is 0.226 e. The molecule has 1 atom stereocenters. The van der Waals surface area contributed by atoms with E-state index in [0.29, 0.717) is 26.2 Å². The summed E-state index contributed by atoms with van der Waals surface area (Å²) in [5.74, 6) is 0.285. The van der Waals surface area contributed by atoms with Crippen molar-refractivity contribution < 1.29 is 13.2 Å². The van der Waals surface area contributed by atoms with Crippen molar-refractivity contribution in [3.05, 3.63) is 12.2 Å². The van der Waals surface area contributed by atoms with Gasteiger partial charge in [0.25, 0.3) is 0 Å². The molecular weight excluding hydrogens is 252 g/mol. The summed E-state index contributed by atoms with van der Waals surface area (Å²) in [6.45, 7) is 1.89. The highest BCUT2D eigenvalue weighted by Gasteiger charge is 2.29. The molecule has 0 saturated carbocycles. The molecule has 102 valence electrons. The van der Waals surface area contributed by atoms with Crippen molar-refractivity contribution in [1.82, 2.24) is 9.21 Å². The van der Waals surface area contributed by atoms with Gasteiger partial charge in [-0.2, -0.15) is 4.31 Å². The van der Waals surface area contributed by atoms with Gasteiger partial charge in [-0.3, -0.25) is 4.79 Å². The van der Waals surface area contributed by atoms with Crippen LogP contribution in [0.15, 0.2) is 12.2 Å². The first kappa shape index (κ1) is 13.5. The zero-order valence-electron chi connectivity index (χ0n) is 10.7. The van der Waals surface area contributed by atoms with Crippen LogP contribution in [0.1, 0.15) is 19.3 Å². The Balaban J connectivity index is 1.89. The van der Waals surface area contributed by atoms with Crippen LogP contribution in [-0.4, -0.2) is 56.0 Å². The molecule has 1 amide bonds. The van der Waals surface area contributed by atoms with Crippen molar-refractivity contribution in [3.8, 4) is 0 Å². The minimum absolute atomic E-state index is 0.0970. The lowest BCUT2D eigenvalue weighted by Gasteiger charge is -2.35. The summed E-state index contributed by atoms with van der Waals surface area (Å²) in [5.41, 5.74) is 0. The SMILES string of the molecule is CS(=O)(=O)N1CCN(C(=O)C2CC=CCC2)CC1. The van der Waals surface area contributed by atoms with Crippen LogP contribution >= 0.6 is 0 Å². The Morgan fingerprint density at radius 3 is 2.33 bits per heavy atom. The van der Waals surface area contributed by atoms with Gasteiger partial charge in [0, 0.05) is 32.1 Å². The quantitative estimate of drug-likeness (QED) is 0.686. The zero-order valence-corrected chi connectivity index (χ0v) is 11.5. The molecule has 0 radical (unpaired) electrons. The van der Waals surface area contributed by atoms with Gasteiger partial charge >= 0.3 is 0 Å². The fraction of sp³-hybridized carbons (Fsp3) is 0.750. The van der Waals surface area contributed by atoms with Crippen LogP contribution in [0, 0.1) is 5.92 Å². The molecule has 1 fully saturated rings. The largest absolute Gasteiger partial charge is 0.340 e. The number of piperazine rings is 1. The van der Waals surface area contributed by atoms with Gasteiger partial charge in [-0.15, -0.1) is 0 Å². The predicted octanol–water partition coefficient (Wildman–Crippen LogP) is 0.446. The number of carbonyl (C=O) groups excluding carboxylic acids is 1. The van der Waals surface area contributed by atoms with E-state index in [1.54, 1.807) is 0 Å². The highest BCUT2D eigenvalue weighted by atomic mass is 32.2. The zero-order chi connectivity index (χ0) is 13.2. The van der Waals surface area contributed by atoms with Gasteiger partial charge < -0.3 is 4.90 Å². The van der Waals surface area contributed by atoms with Gasteiger partial charge in [-0.1, -0.05) is 12.2 Å². The first-order valence-corrected chi connectivity index (χ1v) is 8.22. The number of carbonyl (C=O) groups is 1. The normalized spacial score (nSPS) is 26.3. The second-order valence-corrected chi connectivity index (χ2v) is 6.95. The Hall–Kier alpha value is -0.880. The van der Waals surface area contributed by atoms with Gasteiger partial charge in [-0.05, 0) is 19.3 Å². The van der Waals surface area contributed by atoms with Gasteiger partial charge in [-0.25, -0.2) is 8.42 Å². The van der Waals surface area contributed by atoms with Crippen LogP contribution in [0.2, 0.25) is 0 Å². The molecular formula is C12H20N2O3S. The standard InChI is InChI=1S/C12H20N2O3S/c1-18(16,17)14-9-7-13(8-10-14)12(15)11-5-3-2-4-6-11/h2-3,11H,4-10H2,1H3. The molecule has 0 N–H and O–H groups in total. The molecule has 18 heavy (non-hydrogen) atoms. The molecule has 0 aromatic heterocycles. The molecule has 6 heteroatoms. The average Bonchev–Trinajstić information content (AvgIpc) is 2.38. The third kappa shape index (κ3) is 3.11. The van der Waals surface area contributed by atoms with Crippen molar-refractivity contribution >= 4 is 15.9 Å². The molecule has 1 unspecified atom stereocenters. The summed E-state index contributed by atoms with van der Waals surface area (Å²) >= 11 is 0. The van der Waals surface area contributed by atoms with Crippen LogP contribution in [0.3, 0.4) is 0 Å². The van der Waals surface area contributed by atoms with Gasteiger partial charge in [0.15, 0.2) is 0 Å². The molecule has 2 rings (SSSR count). The second-order valence-electron chi connectivity index (χ2n) is 4.97. The van der Waals surface area contributed by atoms with Crippen LogP contribution in [0.5, 0.6) is 0 Å². The lowest BCUT2D eigenvalue weighted by atomic mass is 9.93. The molecule has 1 aliphatic heterocycles. The fourth-order valence-electron chi connectivity index (χ4n) is 2.52. The minimum Gasteiger partial charge on any atom is -0.340 e. The van der Waals surface area contributed by atoms with Crippen molar-refractivity contribution in [1.29, 1.82) is 0 Å². The van der Waals surface area contributed by atoms with Crippen LogP contribution < -0.4 is 0 Å². The van der Waals surface area contributed by atoms with E-state index in [4.69, 9.17) is 0 Å². The molecule has 5 nitrogen and oxygen atoms in total. The highest BCUT2D eigenvalue weighted by molar-refractivity contribution is 7.88. The monoisotopic (exact) mass is 272 g/mol. The van der Waals surface area contributed by atoms with Crippen LogP contribution in [-0.2, 0) is 14.8 Å². The summed E-state index contributed by atoms with van der Waals surface area (Å²) in [6.07, 6.45) is 8.12. The van der Waals surface area contributed by atoms with Crippen LogP contribution in [0.25, 0.3) is 0 Å². The number of nitrogens with zero attached hydrogens (tertiary/aromatic N) is 2. The van der Waals surface area contributed by atoms with E-state index in [1.807, 2.05) is 4.90 Å².